The van der Waals surface area contributed by atoms with Gasteiger partial charge in [0.1, 0.15) is 17.5 Å². The van der Waals surface area contributed by atoms with Gasteiger partial charge in [0.05, 0.1) is 0 Å². The van der Waals surface area contributed by atoms with Crippen molar-refractivity contribution in [3.05, 3.63) is 11.9 Å². The van der Waals surface area contributed by atoms with E-state index >= 15 is 0 Å². The molecule has 1 saturated carbocycles. The molecule has 2 aliphatic rings. The van der Waals surface area contributed by atoms with Gasteiger partial charge in [0.2, 0.25) is 0 Å². The van der Waals surface area contributed by atoms with E-state index in [2.05, 4.69) is 37.1 Å². The third-order valence-corrected chi connectivity index (χ3v) is 4.90. The van der Waals surface area contributed by atoms with Crippen molar-refractivity contribution in [1.82, 2.24) is 9.97 Å². The molecule has 2 unspecified atom stereocenters. The molecule has 4 nitrogen and oxygen atoms in total. The lowest BCUT2D eigenvalue weighted by Crippen LogP contribution is -2.43. The zero-order valence-electron chi connectivity index (χ0n) is 13.6. The van der Waals surface area contributed by atoms with Crippen LogP contribution in [0.15, 0.2) is 6.07 Å². The second-order valence-electron chi connectivity index (χ2n) is 6.72. The molecule has 2 fully saturated rings. The highest BCUT2D eigenvalue weighted by Gasteiger charge is 2.30. The fraction of sp³-hybridized carbons (Fsp3) is 0.765. The summed E-state index contributed by atoms with van der Waals surface area (Å²) in [5.41, 5.74) is 0. The molecule has 21 heavy (non-hydrogen) atoms. The highest BCUT2D eigenvalue weighted by Crippen LogP contribution is 2.39. The van der Waals surface area contributed by atoms with E-state index in [4.69, 9.17) is 9.97 Å². The minimum Gasteiger partial charge on any atom is -0.370 e. The van der Waals surface area contributed by atoms with Crippen LogP contribution in [-0.2, 0) is 0 Å². The summed E-state index contributed by atoms with van der Waals surface area (Å²) in [7, 11) is 0. The first-order chi connectivity index (χ1) is 10.2. The highest BCUT2D eigenvalue weighted by molar-refractivity contribution is 5.51. The number of hydrogen-bond acceptors (Lipinski definition) is 4. The Morgan fingerprint density at radius 1 is 1.24 bits per heavy atom. The monoisotopic (exact) mass is 288 g/mol. The number of nitrogens with one attached hydrogen (secondary N) is 1. The minimum atomic E-state index is 0.569. The zero-order valence-corrected chi connectivity index (χ0v) is 13.6. The molecule has 1 aliphatic carbocycles. The van der Waals surface area contributed by atoms with Crippen LogP contribution in [0.3, 0.4) is 0 Å². The average molecular weight is 288 g/mol. The first-order valence-corrected chi connectivity index (χ1v) is 8.58. The standard InChI is InChI=1S/C17H28N4/c1-4-9-18-15-11-16(20-17(19-15)14-7-8-14)21-10-5-6-12(2)13(21)3/h11-14H,4-10H2,1-3H3,(H,18,19,20). The van der Waals surface area contributed by atoms with E-state index in [1.54, 1.807) is 0 Å². The van der Waals surface area contributed by atoms with E-state index in [0.29, 0.717) is 12.0 Å². The fourth-order valence-corrected chi connectivity index (χ4v) is 3.13. The molecule has 0 bridgehead atoms. The maximum Gasteiger partial charge on any atom is 0.136 e. The van der Waals surface area contributed by atoms with E-state index in [0.717, 1.165) is 42.9 Å². The lowest BCUT2D eigenvalue weighted by atomic mass is 9.92. The van der Waals surface area contributed by atoms with Gasteiger partial charge >= 0.3 is 0 Å². The minimum absolute atomic E-state index is 0.569. The Labute approximate surface area is 128 Å². The molecule has 3 rings (SSSR count). The van der Waals surface area contributed by atoms with E-state index in [1.807, 2.05) is 0 Å². The van der Waals surface area contributed by atoms with Crippen LogP contribution in [0, 0.1) is 5.92 Å². The van der Waals surface area contributed by atoms with Crippen LogP contribution in [0.5, 0.6) is 0 Å². The number of piperidine rings is 1. The molecule has 0 amide bonds. The third kappa shape index (κ3) is 3.30. The highest BCUT2D eigenvalue weighted by atomic mass is 15.2. The molecular formula is C17H28N4. The van der Waals surface area contributed by atoms with Gasteiger partial charge in [0.25, 0.3) is 0 Å². The predicted molar refractivity (Wildman–Crippen MR) is 88.0 cm³/mol. The molecule has 0 radical (unpaired) electrons. The van der Waals surface area contributed by atoms with Crippen molar-refractivity contribution in [3.63, 3.8) is 0 Å². The largest absolute Gasteiger partial charge is 0.370 e. The first kappa shape index (κ1) is 14.6. The van der Waals surface area contributed by atoms with Gasteiger partial charge in [-0.1, -0.05) is 13.8 Å². The maximum atomic E-state index is 4.89. The summed E-state index contributed by atoms with van der Waals surface area (Å²) in [5, 5.41) is 3.45. The van der Waals surface area contributed by atoms with Crippen LogP contribution >= 0.6 is 0 Å². The average Bonchev–Trinajstić information content (AvgIpc) is 3.32. The summed E-state index contributed by atoms with van der Waals surface area (Å²) in [6.07, 6.45) is 6.23. The molecule has 2 heterocycles. The summed E-state index contributed by atoms with van der Waals surface area (Å²) in [6.45, 7) is 8.98. The Bertz CT molecular complexity index is 484. The van der Waals surface area contributed by atoms with Gasteiger partial charge in [0.15, 0.2) is 0 Å². The lowest BCUT2D eigenvalue weighted by Gasteiger charge is -2.39. The van der Waals surface area contributed by atoms with Crippen molar-refractivity contribution in [3.8, 4) is 0 Å². The zero-order chi connectivity index (χ0) is 14.8. The summed E-state index contributed by atoms with van der Waals surface area (Å²) >= 11 is 0. The van der Waals surface area contributed by atoms with Crippen LogP contribution in [0.4, 0.5) is 11.6 Å². The van der Waals surface area contributed by atoms with Gasteiger partial charge in [-0.25, -0.2) is 9.97 Å². The molecular weight excluding hydrogens is 260 g/mol. The van der Waals surface area contributed by atoms with Crippen molar-refractivity contribution in [2.75, 3.05) is 23.3 Å². The van der Waals surface area contributed by atoms with Gasteiger partial charge in [0, 0.05) is 31.1 Å². The second-order valence-corrected chi connectivity index (χ2v) is 6.72. The molecule has 116 valence electrons. The topological polar surface area (TPSA) is 41.0 Å². The Hall–Kier alpha value is -1.32. The van der Waals surface area contributed by atoms with Gasteiger partial charge in [-0.3, -0.25) is 0 Å². The van der Waals surface area contributed by atoms with Crippen molar-refractivity contribution in [2.24, 2.45) is 5.92 Å². The molecule has 1 aromatic heterocycles. The summed E-state index contributed by atoms with van der Waals surface area (Å²) in [6, 6.07) is 2.72. The van der Waals surface area contributed by atoms with Crippen LogP contribution in [0.1, 0.15) is 64.6 Å². The predicted octanol–water partition coefficient (Wildman–Crippen LogP) is 3.80. The van der Waals surface area contributed by atoms with Gasteiger partial charge < -0.3 is 10.2 Å². The van der Waals surface area contributed by atoms with Gasteiger partial charge in [-0.2, -0.15) is 0 Å². The van der Waals surface area contributed by atoms with E-state index in [9.17, 15) is 0 Å². The smallest absolute Gasteiger partial charge is 0.136 e. The van der Waals surface area contributed by atoms with Crippen LogP contribution in [0.2, 0.25) is 0 Å². The first-order valence-electron chi connectivity index (χ1n) is 8.58. The Kier molecular flexibility index (Phi) is 4.32. The van der Waals surface area contributed by atoms with Crippen LogP contribution < -0.4 is 10.2 Å². The number of anilines is 2. The Morgan fingerprint density at radius 3 is 2.76 bits per heavy atom. The van der Waals surface area contributed by atoms with Gasteiger partial charge in [-0.05, 0) is 44.9 Å². The SMILES string of the molecule is CCCNc1cc(N2CCCC(C)C2C)nc(C2CC2)n1. The Balaban J connectivity index is 1.86. The summed E-state index contributed by atoms with van der Waals surface area (Å²) in [4.78, 5) is 12.1. The van der Waals surface area contributed by atoms with Crippen molar-refractivity contribution >= 4 is 11.6 Å². The summed E-state index contributed by atoms with van der Waals surface area (Å²) < 4.78 is 0. The third-order valence-electron chi connectivity index (χ3n) is 4.90. The van der Waals surface area contributed by atoms with E-state index in [1.165, 1.54) is 25.7 Å². The molecule has 1 saturated heterocycles. The molecule has 0 aromatic carbocycles. The molecule has 1 aromatic rings. The van der Waals surface area contributed by atoms with E-state index in [-0.39, 0.29) is 0 Å². The maximum absolute atomic E-state index is 4.89. The van der Waals surface area contributed by atoms with Crippen LogP contribution in [0.25, 0.3) is 0 Å². The van der Waals surface area contributed by atoms with Crippen molar-refractivity contribution < 1.29 is 0 Å². The number of hydrogen-bond donors (Lipinski definition) is 1. The van der Waals surface area contributed by atoms with Crippen LogP contribution in [-0.4, -0.2) is 29.1 Å². The van der Waals surface area contributed by atoms with Crippen molar-refractivity contribution in [1.29, 1.82) is 0 Å². The van der Waals surface area contributed by atoms with Gasteiger partial charge in [-0.15, -0.1) is 0 Å². The molecule has 1 aliphatic heterocycles. The number of nitrogens with zero attached hydrogens (tertiary/aromatic N) is 3. The summed E-state index contributed by atoms with van der Waals surface area (Å²) in [5.74, 6) is 4.53. The normalized spacial score (nSPS) is 26.0. The second kappa shape index (κ2) is 6.20. The van der Waals surface area contributed by atoms with E-state index < -0.39 is 0 Å². The number of rotatable bonds is 5. The molecule has 1 N–H and O–H groups in total. The Morgan fingerprint density at radius 2 is 2.05 bits per heavy atom. The van der Waals surface area contributed by atoms with Crippen molar-refractivity contribution in [2.45, 2.75) is 64.8 Å². The number of aromatic nitrogens is 2. The molecule has 0 spiro atoms. The quantitative estimate of drug-likeness (QED) is 0.894. The fourth-order valence-electron chi connectivity index (χ4n) is 3.13. The molecule has 2 atom stereocenters. The lowest BCUT2D eigenvalue weighted by molar-refractivity contribution is 0.361. The molecule has 4 heteroatoms.